The summed E-state index contributed by atoms with van der Waals surface area (Å²) in [7, 11) is 0. The maximum absolute atomic E-state index is 13.3. The van der Waals surface area contributed by atoms with Crippen LogP contribution in [0.4, 0.5) is 0 Å². The van der Waals surface area contributed by atoms with Gasteiger partial charge in [-0.3, -0.25) is 19.0 Å². The van der Waals surface area contributed by atoms with Gasteiger partial charge in [0.1, 0.15) is 5.52 Å². The van der Waals surface area contributed by atoms with Crippen molar-refractivity contribution in [2.24, 2.45) is 5.92 Å². The van der Waals surface area contributed by atoms with E-state index in [9.17, 15) is 14.4 Å². The van der Waals surface area contributed by atoms with Gasteiger partial charge >= 0.3 is 0 Å². The van der Waals surface area contributed by atoms with Gasteiger partial charge in [0.15, 0.2) is 11.3 Å². The SMILES string of the molecule is O=C(c1nc2cccnc2n(C2CCCC2)c1=O)N1CCN(C(=O)C2CC2)CC1. The van der Waals surface area contributed by atoms with Crippen molar-refractivity contribution in [2.75, 3.05) is 26.2 Å². The lowest BCUT2D eigenvalue weighted by Gasteiger charge is -2.34. The number of fused-ring (bicyclic) bond motifs is 1. The Balaban J connectivity index is 1.44. The summed E-state index contributed by atoms with van der Waals surface area (Å²) in [5.74, 6) is 0.0483. The van der Waals surface area contributed by atoms with Crippen LogP contribution in [0.1, 0.15) is 55.1 Å². The first-order valence-electron chi connectivity index (χ1n) is 10.6. The van der Waals surface area contributed by atoms with Gasteiger partial charge in [-0.05, 0) is 37.8 Å². The van der Waals surface area contributed by atoms with Crippen molar-refractivity contribution in [1.29, 1.82) is 0 Å². The molecule has 2 saturated carbocycles. The van der Waals surface area contributed by atoms with Gasteiger partial charge in [0.2, 0.25) is 5.91 Å². The summed E-state index contributed by atoms with van der Waals surface area (Å²) in [4.78, 5) is 51.0. The van der Waals surface area contributed by atoms with Crippen molar-refractivity contribution in [2.45, 2.75) is 44.6 Å². The van der Waals surface area contributed by atoms with Crippen LogP contribution >= 0.6 is 0 Å². The van der Waals surface area contributed by atoms with Crippen LogP contribution in [0.25, 0.3) is 11.2 Å². The number of piperazine rings is 1. The number of pyridine rings is 1. The molecule has 0 radical (unpaired) electrons. The second-order valence-electron chi connectivity index (χ2n) is 8.31. The van der Waals surface area contributed by atoms with Crippen molar-refractivity contribution in [3.63, 3.8) is 0 Å². The summed E-state index contributed by atoms with van der Waals surface area (Å²) in [6.45, 7) is 1.92. The van der Waals surface area contributed by atoms with Crippen LogP contribution in [0.2, 0.25) is 0 Å². The molecule has 152 valence electrons. The van der Waals surface area contributed by atoms with Crippen LogP contribution in [0.3, 0.4) is 0 Å². The molecule has 29 heavy (non-hydrogen) atoms. The van der Waals surface area contributed by atoms with Crippen LogP contribution in [0.5, 0.6) is 0 Å². The summed E-state index contributed by atoms with van der Waals surface area (Å²) in [6.07, 6.45) is 7.62. The first kappa shape index (κ1) is 18.3. The van der Waals surface area contributed by atoms with E-state index >= 15 is 0 Å². The highest BCUT2D eigenvalue weighted by atomic mass is 16.2. The molecular weight excluding hydrogens is 370 g/mol. The molecule has 8 heteroatoms. The number of aromatic nitrogens is 3. The van der Waals surface area contributed by atoms with Crippen molar-refractivity contribution < 1.29 is 9.59 Å². The zero-order valence-electron chi connectivity index (χ0n) is 16.4. The molecule has 8 nitrogen and oxygen atoms in total. The largest absolute Gasteiger partial charge is 0.339 e. The third-order valence-corrected chi connectivity index (χ3v) is 6.35. The molecule has 0 unspecified atom stereocenters. The van der Waals surface area contributed by atoms with E-state index in [0.29, 0.717) is 37.3 Å². The van der Waals surface area contributed by atoms with Crippen LogP contribution in [0.15, 0.2) is 23.1 Å². The molecule has 2 aromatic heterocycles. The molecule has 1 saturated heterocycles. The topological polar surface area (TPSA) is 88.4 Å². The quantitative estimate of drug-likeness (QED) is 0.788. The molecule has 0 spiro atoms. The van der Waals surface area contributed by atoms with E-state index in [4.69, 9.17) is 0 Å². The van der Waals surface area contributed by atoms with Crippen molar-refractivity contribution in [1.82, 2.24) is 24.3 Å². The minimum atomic E-state index is -0.343. The van der Waals surface area contributed by atoms with E-state index in [1.807, 2.05) is 4.90 Å². The lowest BCUT2D eigenvalue weighted by atomic mass is 10.2. The zero-order chi connectivity index (χ0) is 20.0. The van der Waals surface area contributed by atoms with Gasteiger partial charge in [-0.1, -0.05) is 12.8 Å². The number of rotatable bonds is 3. The second kappa shape index (κ2) is 7.24. The lowest BCUT2D eigenvalue weighted by Crippen LogP contribution is -2.52. The van der Waals surface area contributed by atoms with Crippen LogP contribution in [-0.2, 0) is 4.79 Å². The van der Waals surface area contributed by atoms with E-state index in [-0.39, 0.29) is 35.0 Å². The second-order valence-corrected chi connectivity index (χ2v) is 8.31. The van der Waals surface area contributed by atoms with E-state index in [1.54, 1.807) is 27.8 Å². The average molecular weight is 395 g/mol. The van der Waals surface area contributed by atoms with E-state index in [1.165, 1.54) is 0 Å². The normalized spacial score (nSPS) is 20.4. The van der Waals surface area contributed by atoms with E-state index in [0.717, 1.165) is 38.5 Å². The van der Waals surface area contributed by atoms with Gasteiger partial charge < -0.3 is 9.80 Å². The van der Waals surface area contributed by atoms with Gasteiger partial charge in [-0.15, -0.1) is 0 Å². The first-order valence-corrected chi connectivity index (χ1v) is 10.6. The maximum atomic E-state index is 13.3. The summed E-state index contributed by atoms with van der Waals surface area (Å²) < 4.78 is 1.69. The number of nitrogens with zero attached hydrogens (tertiary/aromatic N) is 5. The Morgan fingerprint density at radius 1 is 0.966 bits per heavy atom. The van der Waals surface area contributed by atoms with Crippen LogP contribution in [-0.4, -0.2) is 62.3 Å². The molecule has 5 rings (SSSR count). The lowest BCUT2D eigenvalue weighted by molar-refractivity contribution is -0.134. The van der Waals surface area contributed by atoms with Gasteiger partial charge in [0.05, 0.1) is 0 Å². The smallest absolute Gasteiger partial charge is 0.284 e. The predicted molar refractivity (Wildman–Crippen MR) is 107 cm³/mol. The van der Waals surface area contributed by atoms with Gasteiger partial charge in [0.25, 0.3) is 11.5 Å². The Morgan fingerprint density at radius 2 is 1.66 bits per heavy atom. The highest BCUT2D eigenvalue weighted by molar-refractivity contribution is 5.94. The van der Waals surface area contributed by atoms with Gasteiger partial charge in [-0.2, -0.15) is 0 Å². The fourth-order valence-corrected chi connectivity index (χ4v) is 4.55. The Kier molecular flexibility index (Phi) is 4.56. The van der Waals surface area contributed by atoms with Crippen molar-refractivity contribution in [3.05, 3.63) is 34.4 Å². The molecule has 0 atom stereocenters. The molecular formula is C21H25N5O3. The number of hydrogen-bond donors (Lipinski definition) is 0. The standard InChI is InChI=1S/C21H25N5O3/c27-19(14-7-8-14)24-10-12-25(13-11-24)20(28)17-21(29)26(15-4-1-2-5-15)18-16(23-17)6-3-9-22-18/h3,6,9,14-15H,1-2,4-5,7-8,10-13H2. The fraction of sp³-hybridized carbons (Fsp3) is 0.571. The molecule has 3 heterocycles. The Bertz CT molecular complexity index is 1010. The van der Waals surface area contributed by atoms with Crippen molar-refractivity contribution in [3.8, 4) is 0 Å². The molecule has 3 aliphatic rings. The molecule has 3 fully saturated rings. The maximum Gasteiger partial charge on any atom is 0.284 e. The molecule has 0 N–H and O–H groups in total. The Hall–Kier alpha value is -2.77. The Labute approximate surface area is 168 Å². The van der Waals surface area contributed by atoms with Crippen molar-refractivity contribution >= 4 is 23.0 Å². The van der Waals surface area contributed by atoms with E-state index in [2.05, 4.69) is 9.97 Å². The molecule has 2 amide bonds. The predicted octanol–water partition coefficient (Wildman–Crippen LogP) is 1.60. The Morgan fingerprint density at radius 3 is 2.34 bits per heavy atom. The first-order chi connectivity index (χ1) is 14.1. The molecule has 0 aromatic carbocycles. The molecule has 1 aliphatic heterocycles. The monoisotopic (exact) mass is 395 g/mol. The third-order valence-electron chi connectivity index (χ3n) is 6.35. The van der Waals surface area contributed by atoms with Gasteiger partial charge in [0, 0.05) is 44.3 Å². The van der Waals surface area contributed by atoms with Gasteiger partial charge in [-0.25, -0.2) is 9.97 Å². The zero-order valence-corrected chi connectivity index (χ0v) is 16.4. The van der Waals surface area contributed by atoms with Crippen LogP contribution < -0.4 is 5.56 Å². The summed E-state index contributed by atoms with van der Waals surface area (Å²) in [5.41, 5.74) is 0.759. The number of hydrogen-bond acceptors (Lipinski definition) is 5. The summed E-state index contributed by atoms with van der Waals surface area (Å²) >= 11 is 0. The van der Waals surface area contributed by atoms with Crippen LogP contribution in [0, 0.1) is 5.92 Å². The minimum absolute atomic E-state index is 0.0284. The minimum Gasteiger partial charge on any atom is -0.339 e. The highest BCUT2D eigenvalue weighted by Gasteiger charge is 2.36. The average Bonchev–Trinajstić information content (AvgIpc) is 3.47. The van der Waals surface area contributed by atoms with E-state index < -0.39 is 0 Å². The highest BCUT2D eigenvalue weighted by Crippen LogP contribution is 2.32. The number of carbonyl (C=O) groups excluding carboxylic acids is 2. The molecule has 2 aromatic rings. The third kappa shape index (κ3) is 3.30. The summed E-state index contributed by atoms with van der Waals surface area (Å²) in [5, 5.41) is 0. The fourth-order valence-electron chi connectivity index (χ4n) is 4.55. The molecule has 2 aliphatic carbocycles. The summed E-state index contributed by atoms with van der Waals surface area (Å²) in [6, 6.07) is 3.65. The number of carbonyl (C=O) groups is 2. The number of amides is 2. The molecule has 0 bridgehead atoms.